The first-order chi connectivity index (χ1) is 13.4. The van der Waals surface area contributed by atoms with Gasteiger partial charge in [0.05, 0.1) is 11.1 Å². The van der Waals surface area contributed by atoms with Gasteiger partial charge < -0.3 is 10.6 Å². The summed E-state index contributed by atoms with van der Waals surface area (Å²) in [6.45, 7) is 5.98. The highest BCUT2D eigenvalue weighted by atomic mass is 16.6. The van der Waals surface area contributed by atoms with Crippen molar-refractivity contribution in [2.24, 2.45) is 0 Å². The van der Waals surface area contributed by atoms with Crippen LogP contribution in [0.5, 0.6) is 0 Å². The summed E-state index contributed by atoms with van der Waals surface area (Å²) >= 11 is 0. The lowest BCUT2D eigenvalue weighted by Crippen LogP contribution is -2.28. The van der Waals surface area contributed by atoms with Crippen LogP contribution < -0.4 is 16.0 Å². The molecule has 1 aromatic carbocycles. The fraction of sp³-hybridized carbons (Fsp3) is 0.222. The number of carbonyl (C=O) groups is 1. The van der Waals surface area contributed by atoms with E-state index in [0.717, 1.165) is 11.1 Å². The number of fused-ring (bicyclic) bond motifs is 1. The predicted molar refractivity (Wildman–Crippen MR) is 106 cm³/mol. The van der Waals surface area contributed by atoms with Crippen LogP contribution in [0.3, 0.4) is 0 Å². The van der Waals surface area contributed by atoms with Crippen molar-refractivity contribution in [3.05, 3.63) is 51.7 Å². The van der Waals surface area contributed by atoms with E-state index in [1.165, 1.54) is 12.3 Å². The van der Waals surface area contributed by atoms with Gasteiger partial charge in [0.25, 0.3) is 5.69 Å². The van der Waals surface area contributed by atoms with Gasteiger partial charge in [0.15, 0.2) is 11.5 Å². The van der Waals surface area contributed by atoms with Crippen LogP contribution in [-0.2, 0) is 0 Å². The van der Waals surface area contributed by atoms with Gasteiger partial charge in [-0.2, -0.15) is 0 Å². The molecule has 3 aromatic rings. The zero-order valence-corrected chi connectivity index (χ0v) is 15.6. The van der Waals surface area contributed by atoms with Gasteiger partial charge in [-0.05, 0) is 50.1 Å². The van der Waals surface area contributed by atoms with Crippen LogP contribution >= 0.6 is 0 Å². The molecule has 0 bridgehead atoms. The molecule has 0 fully saturated rings. The summed E-state index contributed by atoms with van der Waals surface area (Å²) in [5.41, 5.74) is 2.83. The van der Waals surface area contributed by atoms with Gasteiger partial charge in [-0.1, -0.05) is 0 Å². The van der Waals surface area contributed by atoms with Crippen molar-refractivity contribution >= 4 is 40.2 Å². The van der Waals surface area contributed by atoms with Crippen molar-refractivity contribution in [2.75, 3.05) is 17.2 Å². The minimum absolute atomic E-state index is 0.0513. The SMILES string of the molecule is CCNC(=O)Nc1ccc2ncc(Nc3cc(C)c(C)cc3[N+](=O)[O-])nc2n1. The second-order valence-corrected chi connectivity index (χ2v) is 6.11. The number of hydrogen-bond donors (Lipinski definition) is 3. The second-order valence-electron chi connectivity index (χ2n) is 6.11. The van der Waals surface area contributed by atoms with Crippen molar-refractivity contribution in [3.63, 3.8) is 0 Å². The summed E-state index contributed by atoms with van der Waals surface area (Å²) in [4.78, 5) is 35.4. The Labute approximate surface area is 160 Å². The molecule has 0 unspecified atom stereocenters. The molecule has 2 amide bonds. The number of pyridine rings is 1. The molecule has 0 saturated carbocycles. The summed E-state index contributed by atoms with van der Waals surface area (Å²) in [5.74, 6) is 0.628. The van der Waals surface area contributed by atoms with Crippen molar-refractivity contribution in [3.8, 4) is 0 Å². The number of urea groups is 1. The predicted octanol–water partition coefficient (Wildman–Crippen LogP) is 3.43. The van der Waals surface area contributed by atoms with Gasteiger partial charge in [0.1, 0.15) is 17.0 Å². The van der Waals surface area contributed by atoms with Gasteiger partial charge >= 0.3 is 6.03 Å². The highest BCUT2D eigenvalue weighted by Gasteiger charge is 2.16. The van der Waals surface area contributed by atoms with E-state index in [2.05, 4.69) is 30.9 Å². The molecule has 0 radical (unpaired) electrons. The molecule has 2 heterocycles. The van der Waals surface area contributed by atoms with E-state index in [1.54, 1.807) is 18.2 Å². The number of benzene rings is 1. The maximum Gasteiger partial charge on any atom is 0.320 e. The van der Waals surface area contributed by atoms with Crippen molar-refractivity contribution in [1.29, 1.82) is 0 Å². The molecule has 0 spiro atoms. The van der Waals surface area contributed by atoms with Crippen LogP contribution in [0, 0.1) is 24.0 Å². The minimum Gasteiger partial charge on any atom is -0.338 e. The molecule has 2 aromatic heterocycles. The first kappa shape index (κ1) is 19.0. The van der Waals surface area contributed by atoms with E-state index in [0.29, 0.717) is 35.0 Å². The Morgan fingerprint density at radius 3 is 2.57 bits per heavy atom. The molecule has 10 nitrogen and oxygen atoms in total. The number of nitrogens with one attached hydrogen (secondary N) is 3. The number of carbonyl (C=O) groups excluding carboxylic acids is 1. The number of anilines is 3. The maximum atomic E-state index is 11.6. The van der Waals surface area contributed by atoms with E-state index in [4.69, 9.17) is 0 Å². The average Bonchev–Trinajstić information content (AvgIpc) is 2.64. The fourth-order valence-electron chi connectivity index (χ4n) is 2.54. The van der Waals surface area contributed by atoms with Crippen molar-refractivity contribution in [1.82, 2.24) is 20.3 Å². The molecule has 10 heteroatoms. The highest BCUT2D eigenvalue weighted by molar-refractivity contribution is 5.89. The zero-order chi connectivity index (χ0) is 20.3. The van der Waals surface area contributed by atoms with E-state index >= 15 is 0 Å². The summed E-state index contributed by atoms with van der Waals surface area (Å²) in [5, 5.41) is 19.5. The van der Waals surface area contributed by atoms with Crippen LogP contribution in [0.4, 0.5) is 27.8 Å². The largest absolute Gasteiger partial charge is 0.338 e. The van der Waals surface area contributed by atoms with Crippen LogP contribution in [-0.4, -0.2) is 32.5 Å². The van der Waals surface area contributed by atoms with Gasteiger partial charge in [0.2, 0.25) is 0 Å². The number of rotatable bonds is 5. The lowest BCUT2D eigenvalue weighted by molar-refractivity contribution is -0.384. The van der Waals surface area contributed by atoms with Crippen LogP contribution in [0.15, 0.2) is 30.5 Å². The molecular weight excluding hydrogens is 362 g/mol. The molecule has 0 aliphatic carbocycles. The van der Waals surface area contributed by atoms with E-state index < -0.39 is 4.92 Å². The number of nitrogens with zero attached hydrogens (tertiary/aromatic N) is 4. The van der Waals surface area contributed by atoms with E-state index in [9.17, 15) is 14.9 Å². The lowest BCUT2D eigenvalue weighted by atomic mass is 10.1. The molecule has 3 rings (SSSR count). The average molecular weight is 381 g/mol. The van der Waals surface area contributed by atoms with Crippen LogP contribution in [0.2, 0.25) is 0 Å². The summed E-state index contributed by atoms with van der Waals surface area (Å²) in [7, 11) is 0. The Bertz CT molecular complexity index is 1070. The Balaban J connectivity index is 1.93. The van der Waals surface area contributed by atoms with Crippen LogP contribution in [0.25, 0.3) is 11.2 Å². The Morgan fingerprint density at radius 1 is 1.14 bits per heavy atom. The number of aromatic nitrogens is 3. The van der Waals surface area contributed by atoms with Crippen LogP contribution in [0.1, 0.15) is 18.1 Å². The van der Waals surface area contributed by atoms with Gasteiger partial charge in [-0.25, -0.2) is 19.7 Å². The number of aryl methyl sites for hydroxylation is 2. The van der Waals surface area contributed by atoms with E-state index in [1.807, 2.05) is 20.8 Å². The zero-order valence-electron chi connectivity index (χ0n) is 15.6. The number of hydrogen-bond acceptors (Lipinski definition) is 7. The highest BCUT2D eigenvalue weighted by Crippen LogP contribution is 2.30. The molecular formula is C18H19N7O3. The third kappa shape index (κ3) is 4.11. The van der Waals surface area contributed by atoms with Crippen molar-refractivity contribution < 1.29 is 9.72 Å². The Morgan fingerprint density at radius 2 is 1.86 bits per heavy atom. The summed E-state index contributed by atoms with van der Waals surface area (Å²) in [6, 6.07) is 6.13. The Hall–Kier alpha value is -3.82. The molecule has 0 aliphatic rings. The molecule has 28 heavy (non-hydrogen) atoms. The lowest BCUT2D eigenvalue weighted by Gasteiger charge is -2.10. The topological polar surface area (TPSA) is 135 Å². The smallest absolute Gasteiger partial charge is 0.320 e. The standard InChI is InChI=1S/C18H19N7O3/c1-4-19-18(26)24-15-6-5-12-17(22-15)23-16(9-20-12)21-13-7-10(2)11(3)8-14(13)25(27)28/h5-9H,4H2,1-3H3,(H3,19,21,22,23,24,26). The minimum atomic E-state index is -0.449. The molecule has 3 N–H and O–H groups in total. The molecule has 0 atom stereocenters. The normalized spacial score (nSPS) is 10.5. The fourth-order valence-corrected chi connectivity index (χ4v) is 2.54. The maximum absolute atomic E-state index is 11.6. The number of nitro groups is 1. The van der Waals surface area contributed by atoms with Gasteiger partial charge in [-0.15, -0.1) is 0 Å². The van der Waals surface area contributed by atoms with Crippen molar-refractivity contribution in [2.45, 2.75) is 20.8 Å². The van der Waals surface area contributed by atoms with Gasteiger partial charge in [-0.3, -0.25) is 15.4 Å². The Kier molecular flexibility index (Phi) is 5.30. The first-order valence-corrected chi connectivity index (χ1v) is 8.58. The monoisotopic (exact) mass is 381 g/mol. The quantitative estimate of drug-likeness (QED) is 0.455. The number of nitro benzene ring substituents is 1. The molecule has 144 valence electrons. The number of amides is 2. The molecule has 0 aliphatic heterocycles. The third-order valence-electron chi connectivity index (χ3n) is 4.06. The second kappa shape index (κ2) is 7.82. The summed E-state index contributed by atoms with van der Waals surface area (Å²) < 4.78 is 0. The molecule has 0 saturated heterocycles. The van der Waals surface area contributed by atoms with Gasteiger partial charge in [0, 0.05) is 12.6 Å². The summed E-state index contributed by atoms with van der Waals surface area (Å²) in [6.07, 6.45) is 1.47. The first-order valence-electron chi connectivity index (χ1n) is 8.58. The third-order valence-corrected chi connectivity index (χ3v) is 4.06. The van der Waals surface area contributed by atoms with E-state index in [-0.39, 0.29) is 11.7 Å².